The largest absolute Gasteiger partial charge is 0.319 e. The maximum atomic E-state index is 10.7. The van der Waals surface area contributed by atoms with Crippen LogP contribution in [0.15, 0.2) is 0 Å². The third-order valence-corrected chi connectivity index (χ3v) is 2.55. The van der Waals surface area contributed by atoms with Gasteiger partial charge in [0.05, 0.1) is 0 Å². The molecule has 0 spiro atoms. The maximum absolute atomic E-state index is 10.7. The van der Waals surface area contributed by atoms with Crippen LogP contribution in [-0.2, 0) is 4.79 Å². The van der Waals surface area contributed by atoms with E-state index in [0.717, 1.165) is 18.8 Å². The summed E-state index contributed by atoms with van der Waals surface area (Å²) in [6, 6.07) is 0. The summed E-state index contributed by atoms with van der Waals surface area (Å²) in [5, 5.41) is 6.42. The Bertz CT molecular complexity index is 124. The summed E-state index contributed by atoms with van der Waals surface area (Å²) in [6.45, 7) is 3.53. The Morgan fingerprint density at radius 3 is 2.17 bits per heavy atom. The molecule has 0 aromatic carbocycles. The van der Waals surface area contributed by atoms with Crippen LogP contribution in [-0.4, -0.2) is 38.1 Å². The summed E-state index contributed by atoms with van der Waals surface area (Å²) < 4.78 is 0. The Kier molecular flexibility index (Phi) is 7.54. The van der Waals surface area contributed by atoms with Crippen LogP contribution in [0.4, 0.5) is 0 Å². The molecular formula is C8H18N2OS. The molecule has 0 aliphatic heterocycles. The molecule has 0 rings (SSSR count). The molecule has 0 atom stereocenters. The second kappa shape index (κ2) is 7.58. The first-order chi connectivity index (χ1) is 5.70. The average molecular weight is 190 g/mol. The molecule has 3 nitrogen and oxygen atoms in total. The minimum atomic E-state index is 0.201. The molecule has 0 saturated heterocycles. The molecule has 72 valence electrons. The molecule has 0 unspecified atom stereocenters. The quantitative estimate of drug-likeness (QED) is 0.633. The van der Waals surface area contributed by atoms with Gasteiger partial charge in [0, 0.05) is 12.7 Å². The zero-order chi connectivity index (χ0) is 9.40. The van der Waals surface area contributed by atoms with Crippen LogP contribution in [0.25, 0.3) is 0 Å². The Balaban J connectivity index is 3.54. The molecule has 0 aliphatic carbocycles. The Hall–Kier alpha value is -0.0600. The SMILES string of the molecule is CNCC(CNC)CSC(C)=O. The van der Waals surface area contributed by atoms with Crippen LogP contribution < -0.4 is 10.6 Å². The number of carbonyl (C=O) groups is 1. The first-order valence-electron chi connectivity index (χ1n) is 4.13. The van der Waals surface area contributed by atoms with Crippen molar-refractivity contribution in [2.75, 3.05) is 32.9 Å². The molecule has 12 heavy (non-hydrogen) atoms. The number of hydrogen-bond donors (Lipinski definition) is 2. The van der Waals surface area contributed by atoms with Gasteiger partial charge in [0.2, 0.25) is 0 Å². The van der Waals surface area contributed by atoms with Gasteiger partial charge in [-0.2, -0.15) is 0 Å². The van der Waals surface area contributed by atoms with Crippen LogP contribution >= 0.6 is 11.8 Å². The molecule has 0 heterocycles. The lowest BCUT2D eigenvalue weighted by Gasteiger charge is -2.14. The molecule has 0 aromatic rings. The van der Waals surface area contributed by atoms with Crippen LogP contribution in [0.5, 0.6) is 0 Å². The highest BCUT2D eigenvalue weighted by atomic mass is 32.2. The van der Waals surface area contributed by atoms with Gasteiger partial charge >= 0.3 is 0 Å². The smallest absolute Gasteiger partial charge is 0.185 e. The van der Waals surface area contributed by atoms with E-state index in [1.807, 2.05) is 14.1 Å². The third-order valence-electron chi connectivity index (χ3n) is 1.51. The summed E-state index contributed by atoms with van der Waals surface area (Å²) in [5.41, 5.74) is 0. The van der Waals surface area contributed by atoms with E-state index in [1.165, 1.54) is 11.8 Å². The van der Waals surface area contributed by atoms with E-state index >= 15 is 0 Å². The summed E-state index contributed by atoms with van der Waals surface area (Å²) in [4.78, 5) is 10.7. The van der Waals surface area contributed by atoms with Gasteiger partial charge < -0.3 is 10.6 Å². The first kappa shape index (κ1) is 11.9. The van der Waals surface area contributed by atoms with Gasteiger partial charge in [-0.1, -0.05) is 11.8 Å². The van der Waals surface area contributed by atoms with E-state index in [-0.39, 0.29) is 5.12 Å². The van der Waals surface area contributed by atoms with Gasteiger partial charge in [-0.3, -0.25) is 4.79 Å². The number of thioether (sulfide) groups is 1. The molecule has 0 saturated carbocycles. The lowest BCUT2D eigenvalue weighted by atomic mass is 10.2. The van der Waals surface area contributed by atoms with Crippen molar-refractivity contribution >= 4 is 16.9 Å². The van der Waals surface area contributed by atoms with Crippen molar-refractivity contribution in [2.24, 2.45) is 5.92 Å². The van der Waals surface area contributed by atoms with Crippen molar-refractivity contribution in [1.29, 1.82) is 0 Å². The normalized spacial score (nSPS) is 10.7. The lowest BCUT2D eigenvalue weighted by Crippen LogP contribution is -2.29. The maximum Gasteiger partial charge on any atom is 0.185 e. The van der Waals surface area contributed by atoms with E-state index in [9.17, 15) is 4.79 Å². The molecule has 0 bridgehead atoms. The van der Waals surface area contributed by atoms with Crippen LogP contribution in [0.1, 0.15) is 6.92 Å². The summed E-state index contributed by atoms with van der Waals surface area (Å²) >= 11 is 1.40. The van der Waals surface area contributed by atoms with Gasteiger partial charge in [-0.15, -0.1) is 0 Å². The number of carbonyl (C=O) groups excluding carboxylic acids is 1. The summed E-state index contributed by atoms with van der Waals surface area (Å²) in [6.07, 6.45) is 0. The minimum absolute atomic E-state index is 0.201. The van der Waals surface area contributed by atoms with Gasteiger partial charge in [0.1, 0.15) is 0 Å². The molecule has 2 N–H and O–H groups in total. The Morgan fingerprint density at radius 2 is 1.83 bits per heavy atom. The first-order valence-corrected chi connectivity index (χ1v) is 5.11. The number of rotatable bonds is 6. The third kappa shape index (κ3) is 6.64. The molecule has 0 aromatic heterocycles. The van der Waals surface area contributed by atoms with Crippen LogP contribution in [0.2, 0.25) is 0 Å². The molecule has 0 amide bonds. The van der Waals surface area contributed by atoms with E-state index in [0.29, 0.717) is 5.92 Å². The predicted molar refractivity (Wildman–Crippen MR) is 54.5 cm³/mol. The minimum Gasteiger partial charge on any atom is -0.319 e. The van der Waals surface area contributed by atoms with Crippen molar-refractivity contribution in [3.05, 3.63) is 0 Å². The fourth-order valence-corrected chi connectivity index (χ4v) is 1.71. The topological polar surface area (TPSA) is 41.1 Å². The molecule has 0 fully saturated rings. The molecule has 4 heteroatoms. The second-order valence-electron chi connectivity index (χ2n) is 2.78. The Morgan fingerprint density at radius 1 is 1.33 bits per heavy atom. The van der Waals surface area contributed by atoms with Gasteiger partial charge in [-0.05, 0) is 33.1 Å². The van der Waals surface area contributed by atoms with E-state index in [1.54, 1.807) is 6.92 Å². The highest BCUT2D eigenvalue weighted by Crippen LogP contribution is 2.07. The zero-order valence-electron chi connectivity index (χ0n) is 8.02. The van der Waals surface area contributed by atoms with E-state index < -0.39 is 0 Å². The van der Waals surface area contributed by atoms with Gasteiger partial charge in [0.15, 0.2) is 5.12 Å². The zero-order valence-corrected chi connectivity index (χ0v) is 8.83. The highest BCUT2D eigenvalue weighted by molar-refractivity contribution is 8.13. The van der Waals surface area contributed by atoms with E-state index in [2.05, 4.69) is 10.6 Å². The van der Waals surface area contributed by atoms with Crippen LogP contribution in [0, 0.1) is 5.92 Å². The van der Waals surface area contributed by atoms with Gasteiger partial charge in [-0.25, -0.2) is 0 Å². The van der Waals surface area contributed by atoms with Crippen molar-refractivity contribution < 1.29 is 4.79 Å². The second-order valence-corrected chi connectivity index (χ2v) is 3.98. The van der Waals surface area contributed by atoms with E-state index in [4.69, 9.17) is 0 Å². The van der Waals surface area contributed by atoms with Crippen molar-refractivity contribution in [1.82, 2.24) is 10.6 Å². The lowest BCUT2D eigenvalue weighted by molar-refractivity contribution is -0.109. The predicted octanol–water partition coefficient (Wildman–Crippen LogP) is 0.321. The van der Waals surface area contributed by atoms with Crippen molar-refractivity contribution in [3.8, 4) is 0 Å². The monoisotopic (exact) mass is 190 g/mol. The standard InChI is InChI=1S/C8H18N2OS/c1-7(11)12-6-8(4-9-2)5-10-3/h8-10H,4-6H2,1-3H3. The number of nitrogens with one attached hydrogen (secondary N) is 2. The number of hydrogen-bond acceptors (Lipinski definition) is 4. The summed E-state index contributed by atoms with van der Waals surface area (Å²) in [7, 11) is 3.86. The Labute approximate surface area is 78.7 Å². The molecule has 0 radical (unpaired) electrons. The fourth-order valence-electron chi connectivity index (χ4n) is 1.00. The van der Waals surface area contributed by atoms with Crippen LogP contribution in [0.3, 0.4) is 0 Å². The average Bonchev–Trinajstić information content (AvgIpc) is 2.01. The van der Waals surface area contributed by atoms with Gasteiger partial charge in [0.25, 0.3) is 0 Å². The van der Waals surface area contributed by atoms with Crippen molar-refractivity contribution in [2.45, 2.75) is 6.92 Å². The fraction of sp³-hybridized carbons (Fsp3) is 0.875. The highest BCUT2D eigenvalue weighted by Gasteiger charge is 2.07. The molecular weight excluding hydrogens is 172 g/mol. The summed E-state index contributed by atoms with van der Waals surface area (Å²) in [5.74, 6) is 1.44. The van der Waals surface area contributed by atoms with Crippen molar-refractivity contribution in [3.63, 3.8) is 0 Å². The molecule has 0 aliphatic rings.